The van der Waals surface area contributed by atoms with Crippen LogP contribution in [0.25, 0.3) is 22.2 Å². The van der Waals surface area contributed by atoms with Crippen molar-refractivity contribution in [2.24, 2.45) is 0 Å². The van der Waals surface area contributed by atoms with Gasteiger partial charge in [0.05, 0.1) is 5.52 Å². The van der Waals surface area contributed by atoms with Crippen LogP contribution in [0.3, 0.4) is 0 Å². The van der Waals surface area contributed by atoms with Gasteiger partial charge in [0, 0.05) is 4.31 Å². The van der Waals surface area contributed by atoms with Crippen LogP contribution in [0.5, 0.6) is 0 Å². The van der Waals surface area contributed by atoms with Gasteiger partial charge in [-0.2, -0.15) is 0 Å². The maximum absolute atomic E-state index is 5.32. The van der Waals surface area contributed by atoms with Gasteiger partial charge in [-0.15, -0.1) is 0 Å². The minimum atomic E-state index is 0.417. The molecule has 0 saturated heterocycles. The molecule has 1 N–H and O–H groups in total. The van der Waals surface area contributed by atoms with Crippen LogP contribution in [0.1, 0.15) is 0 Å². The zero-order valence-electron chi connectivity index (χ0n) is 9.75. The molecule has 0 aliphatic rings. The first-order chi connectivity index (χ1) is 9.24. The summed E-state index contributed by atoms with van der Waals surface area (Å²) in [5, 5.41) is 0. The second-order valence-electron chi connectivity index (χ2n) is 3.67. The van der Waals surface area contributed by atoms with Crippen molar-refractivity contribution in [3.05, 3.63) is 53.4 Å². The number of thiocarbonyl (C=S) groups is 2. The van der Waals surface area contributed by atoms with E-state index in [1.807, 2.05) is 40.7 Å². The lowest BCUT2D eigenvalue weighted by atomic mass is 10.1. The number of aromatic nitrogens is 1. The van der Waals surface area contributed by atoms with Gasteiger partial charge in [0.25, 0.3) is 4.84 Å². The van der Waals surface area contributed by atoms with Crippen LogP contribution < -0.4 is 0 Å². The molecule has 19 heavy (non-hydrogen) atoms. The smallest absolute Gasteiger partial charge is 0.266 e. The highest BCUT2D eigenvalue weighted by Gasteiger charge is 2.01. The van der Waals surface area contributed by atoms with Crippen molar-refractivity contribution in [3.63, 3.8) is 0 Å². The van der Waals surface area contributed by atoms with E-state index in [1.54, 1.807) is 0 Å². The molecular formula is C14H9NOS3. The molecule has 2 nitrogen and oxygen atoms in total. The quantitative estimate of drug-likeness (QED) is 0.627. The second kappa shape index (κ2) is 6.50. The van der Waals surface area contributed by atoms with Crippen molar-refractivity contribution in [1.82, 2.24) is 4.98 Å². The Hall–Kier alpha value is -1.65. The molecule has 2 aromatic carbocycles. The van der Waals surface area contributed by atoms with Gasteiger partial charge in [-0.25, -0.2) is 0 Å². The van der Waals surface area contributed by atoms with E-state index < -0.39 is 0 Å². The van der Waals surface area contributed by atoms with Gasteiger partial charge in [-0.3, -0.25) is 0 Å². The minimum absolute atomic E-state index is 0.417. The molecule has 5 heteroatoms. The molecule has 0 aliphatic carbocycles. The van der Waals surface area contributed by atoms with Crippen molar-refractivity contribution in [1.29, 1.82) is 0 Å². The van der Waals surface area contributed by atoms with Crippen molar-refractivity contribution in [2.75, 3.05) is 0 Å². The molecule has 3 rings (SSSR count). The predicted molar refractivity (Wildman–Crippen MR) is 87.0 cm³/mol. The van der Waals surface area contributed by atoms with Crippen molar-refractivity contribution in [2.45, 2.75) is 0 Å². The van der Waals surface area contributed by atoms with Crippen molar-refractivity contribution in [3.8, 4) is 11.1 Å². The number of H-pyrrole nitrogens is 1. The van der Waals surface area contributed by atoms with E-state index in [2.05, 4.69) is 41.6 Å². The number of aromatic amines is 1. The number of fused-ring (bicyclic) bond motifs is 1. The van der Waals surface area contributed by atoms with Gasteiger partial charge in [0.15, 0.2) is 5.58 Å². The Morgan fingerprint density at radius 2 is 1.63 bits per heavy atom. The summed E-state index contributed by atoms with van der Waals surface area (Å²) in [7, 11) is 0. The van der Waals surface area contributed by atoms with Crippen LogP contribution in [0, 0.1) is 4.84 Å². The maximum Gasteiger partial charge on any atom is 0.266 e. The van der Waals surface area contributed by atoms with Gasteiger partial charge in [0.1, 0.15) is 0 Å². The monoisotopic (exact) mass is 303 g/mol. The fourth-order valence-corrected chi connectivity index (χ4v) is 1.96. The van der Waals surface area contributed by atoms with Gasteiger partial charge in [0.2, 0.25) is 0 Å². The lowest BCUT2D eigenvalue weighted by Gasteiger charge is -2.00. The Morgan fingerprint density at radius 3 is 2.32 bits per heavy atom. The van der Waals surface area contributed by atoms with E-state index in [0.29, 0.717) is 4.84 Å². The SMILES string of the molecule is S=C=S.S=c1[nH]c2cc(-c3ccccc3)ccc2o1. The summed E-state index contributed by atoms with van der Waals surface area (Å²) >= 11 is 12.9. The Morgan fingerprint density at radius 1 is 0.947 bits per heavy atom. The highest BCUT2D eigenvalue weighted by molar-refractivity contribution is 7.93. The number of nitrogens with one attached hydrogen (secondary N) is 1. The molecule has 0 aliphatic heterocycles. The fourth-order valence-electron chi connectivity index (χ4n) is 1.76. The number of rotatable bonds is 1. The summed E-state index contributed by atoms with van der Waals surface area (Å²) in [5.41, 5.74) is 4.07. The third-order valence-corrected chi connectivity index (χ3v) is 2.71. The van der Waals surface area contributed by atoms with Gasteiger partial charge >= 0.3 is 0 Å². The first-order valence-electron chi connectivity index (χ1n) is 5.42. The Bertz CT molecular complexity index is 768. The van der Waals surface area contributed by atoms with Gasteiger partial charge < -0.3 is 9.40 Å². The molecular weight excluding hydrogens is 294 g/mol. The first-order valence-corrected chi connectivity index (χ1v) is 6.64. The Balaban J connectivity index is 0.000000408. The van der Waals surface area contributed by atoms with Crippen LogP contribution in [0.4, 0.5) is 0 Å². The average molecular weight is 303 g/mol. The maximum atomic E-state index is 5.32. The second-order valence-corrected chi connectivity index (χ2v) is 4.71. The zero-order valence-corrected chi connectivity index (χ0v) is 12.2. The van der Waals surface area contributed by atoms with Crippen LogP contribution in [0.2, 0.25) is 0 Å². The van der Waals surface area contributed by atoms with Crippen LogP contribution in [-0.4, -0.2) is 9.30 Å². The lowest BCUT2D eigenvalue weighted by Crippen LogP contribution is -1.76. The average Bonchev–Trinajstić information content (AvgIpc) is 2.79. The van der Waals surface area contributed by atoms with Crippen molar-refractivity contribution < 1.29 is 4.42 Å². The summed E-state index contributed by atoms with van der Waals surface area (Å²) in [5.74, 6) is 0. The van der Waals surface area contributed by atoms with Gasteiger partial charge in [-0.05, 0) is 59.9 Å². The molecule has 0 radical (unpaired) electrons. The topological polar surface area (TPSA) is 28.9 Å². The van der Waals surface area contributed by atoms with Crippen LogP contribution in [-0.2, 0) is 0 Å². The molecule has 1 heterocycles. The van der Waals surface area contributed by atoms with E-state index in [-0.39, 0.29) is 0 Å². The predicted octanol–water partition coefficient (Wildman–Crippen LogP) is 5.18. The molecule has 0 bridgehead atoms. The highest BCUT2D eigenvalue weighted by atomic mass is 32.1. The number of hydrogen-bond donors (Lipinski definition) is 1. The molecule has 0 spiro atoms. The molecule has 0 atom stereocenters. The Kier molecular flexibility index (Phi) is 4.71. The number of benzene rings is 2. The first kappa shape index (κ1) is 13.8. The third-order valence-electron chi connectivity index (χ3n) is 2.53. The number of oxazole rings is 1. The lowest BCUT2D eigenvalue weighted by molar-refractivity contribution is 0.583. The molecule has 0 unspecified atom stereocenters. The fraction of sp³-hybridized carbons (Fsp3) is 0. The summed E-state index contributed by atoms with van der Waals surface area (Å²) in [6.45, 7) is 0. The number of hydrogen-bond acceptors (Lipinski definition) is 4. The summed E-state index contributed by atoms with van der Waals surface area (Å²) in [4.78, 5) is 3.43. The summed E-state index contributed by atoms with van der Waals surface area (Å²) < 4.78 is 7.23. The van der Waals surface area contributed by atoms with Crippen molar-refractivity contribution >= 4 is 52.1 Å². The summed E-state index contributed by atoms with van der Waals surface area (Å²) in [6.07, 6.45) is 0. The zero-order chi connectivity index (χ0) is 13.7. The molecule has 0 amide bonds. The normalized spacial score (nSPS) is 9.47. The third kappa shape index (κ3) is 3.43. The van der Waals surface area contributed by atoms with E-state index in [4.69, 9.17) is 16.6 Å². The minimum Gasteiger partial charge on any atom is -0.429 e. The Labute approximate surface area is 126 Å². The van der Waals surface area contributed by atoms with Crippen LogP contribution in [0.15, 0.2) is 52.9 Å². The molecule has 0 saturated carbocycles. The summed E-state index contributed by atoms with van der Waals surface area (Å²) in [6, 6.07) is 16.2. The van der Waals surface area contributed by atoms with E-state index in [1.165, 1.54) is 5.56 Å². The molecule has 3 aromatic rings. The van der Waals surface area contributed by atoms with E-state index in [0.717, 1.165) is 16.7 Å². The molecule has 0 fully saturated rings. The van der Waals surface area contributed by atoms with E-state index >= 15 is 0 Å². The highest BCUT2D eigenvalue weighted by Crippen LogP contribution is 2.23. The standard InChI is InChI=1S/C13H9NOS.CS2/c16-13-14-11-8-10(6-7-12(11)15-13)9-4-2-1-3-5-9;2-1-3/h1-8H,(H,14,16);. The molecule has 94 valence electrons. The van der Waals surface area contributed by atoms with Crippen LogP contribution >= 0.6 is 36.7 Å². The van der Waals surface area contributed by atoms with E-state index in [9.17, 15) is 0 Å². The molecule has 1 aromatic heterocycles. The van der Waals surface area contributed by atoms with Gasteiger partial charge in [-0.1, -0.05) is 36.4 Å². The largest absolute Gasteiger partial charge is 0.429 e.